The van der Waals surface area contributed by atoms with Crippen molar-refractivity contribution >= 4 is 33.2 Å². The van der Waals surface area contributed by atoms with E-state index in [1.807, 2.05) is 18.2 Å². The standard InChI is InChI=1S/C14H12BrNO3S/c15-10-4-1-3-8-9(10)7-11-13(8)16(14(19)20-11)6-2-5-12(17)18/h1,3-4H,2,5-7H2,(H,17,18). The molecule has 4 nitrogen and oxygen atoms in total. The molecule has 0 bridgehead atoms. The van der Waals surface area contributed by atoms with E-state index < -0.39 is 5.97 Å². The number of carboxylic acids is 1. The molecule has 1 aromatic heterocycles. The molecule has 6 heteroatoms. The maximum Gasteiger partial charge on any atom is 0.307 e. The van der Waals surface area contributed by atoms with Crippen LogP contribution in [0.3, 0.4) is 0 Å². The van der Waals surface area contributed by atoms with Crippen molar-refractivity contribution in [3.05, 3.63) is 42.8 Å². The van der Waals surface area contributed by atoms with Gasteiger partial charge in [-0.15, -0.1) is 0 Å². The summed E-state index contributed by atoms with van der Waals surface area (Å²) < 4.78 is 2.78. The van der Waals surface area contributed by atoms with Gasteiger partial charge in [-0.25, -0.2) is 0 Å². The van der Waals surface area contributed by atoms with E-state index in [9.17, 15) is 9.59 Å². The summed E-state index contributed by atoms with van der Waals surface area (Å²) in [6.07, 6.45) is 1.34. The number of benzene rings is 1. The van der Waals surface area contributed by atoms with Crippen molar-refractivity contribution in [2.45, 2.75) is 25.8 Å². The Bertz CT molecular complexity index is 747. The number of hydrogen-bond donors (Lipinski definition) is 1. The summed E-state index contributed by atoms with van der Waals surface area (Å²) >= 11 is 4.81. The van der Waals surface area contributed by atoms with Crippen LogP contribution in [0.5, 0.6) is 0 Å². The molecule has 0 aliphatic heterocycles. The first-order valence-electron chi connectivity index (χ1n) is 6.30. The number of halogens is 1. The predicted octanol–water partition coefficient (Wildman–Crippen LogP) is 3.11. The molecule has 2 aromatic rings. The van der Waals surface area contributed by atoms with Crippen molar-refractivity contribution in [3.63, 3.8) is 0 Å². The van der Waals surface area contributed by atoms with Crippen LogP contribution in [0.2, 0.25) is 0 Å². The third-order valence-corrected chi connectivity index (χ3v) is 5.17. The summed E-state index contributed by atoms with van der Waals surface area (Å²) in [5, 5.41) is 8.71. The zero-order valence-electron chi connectivity index (χ0n) is 10.6. The topological polar surface area (TPSA) is 59.3 Å². The van der Waals surface area contributed by atoms with Gasteiger partial charge in [0.25, 0.3) is 0 Å². The lowest BCUT2D eigenvalue weighted by atomic mass is 10.1. The van der Waals surface area contributed by atoms with E-state index in [4.69, 9.17) is 5.11 Å². The third-order valence-electron chi connectivity index (χ3n) is 3.45. The lowest BCUT2D eigenvalue weighted by Crippen LogP contribution is -2.15. The SMILES string of the molecule is O=C(O)CCCn1c2c(sc1=O)Cc1c(Br)cccc1-2. The summed E-state index contributed by atoms with van der Waals surface area (Å²) in [4.78, 5) is 23.7. The number of aliphatic carboxylic acids is 1. The fourth-order valence-electron chi connectivity index (χ4n) is 2.58. The number of carbonyl (C=O) groups is 1. The molecular weight excluding hydrogens is 342 g/mol. The average Bonchev–Trinajstić information content (AvgIpc) is 2.87. The molecule has 1 aliphatic rings. The molecular formula is C14H12BrNO3S. The molecule has 0 saturated heterocycles. The van der Waals surface area contributed by atoms with Crippen LogP contribution in [-0.2, 0) is 17.8 Å². The Morgan fingerprint density at radius 1 is 1.45 bits per heavy atom. The molecule has 0 fully saturated rings. The van der Waals surface area contributed by atoms with E-state index in [2.05, 4.69) is 15.9 Å². The lowest BCUT2D eigenvalue weighted by Gasteiger charge is -2.07. The monoisotopic (exact) mass is 353 g/mol. The molecule has 0 radical (unpaired) electrons. The fraction of sp³-hybridized carbons (Fsp3) is 0.286. The van der Waals surface area contributed by atoms with Gasteiger partial charge in [-0.2, -0.15) is 0 Å². The molecule has 0 saturated carbocycles. The Labute approximate surface area is 127 Å². The number of hydrogen-bond acceptors (Lipinski definition) is 3. The van der Waals surface area contributed by atoms with E-state index >= 15 is 0 Å². The summed E-state index contributed by atoms with van der Waals surface area (Å²) in [7, 11) is 0. The minimum Gasteiger partial charge on any atom is -0.481 e. The summed E-state index contributed by atoms with van der Waals surface area (Å²) in [5.41, 5.74) is 3.27. The second-order valence-corrected chi connectivity index (χ2v) is 6.63. The molecule has 1 aromatic carbocycles. The van der Waals surface area contributed by atoms with Crippen LogP contribution in [-0.4, -0.2) is 15.6 Å². The van der Waals surface area contributed by atoms with Crippen molar-refractivity contribution < 1.29 is 9.90 Å². The molecule has 1 N–H and O–H groups in total. The molecule has 1 aliphatic carbocycles. The number of nitrogens with zero attached hydrogens (tertiary/aromatic N) is 1. The van der Waals surface area contributed by atoms with Crippen molar-refractivity contribution in [1.82, 2.24) is 4.57 Å². The summed E-state index contributed by atoms with van der Waals surface area (Å²) in [6, 6.07) is 5.98. The Balaban J connectivity index is 1.99. The first kappa shape index (κ1) is 13.6. The van der Waals surface area contributed by atoms with Crippen molar-refractivity contribution in [2.75, 3.05) is 0 Å². The summed E-state index contributed by atoms with van der Waals surface area (Å²) in [6.45, 7) is 0.461. The second-order valence-electron chi connectivity index (χ2n) is 4.73. The Kier molecular flexibility index (Phi) is 3.52. The van der Waals surface area contributed by atoms with Gasteiger partial charge in [0.05, 0.1) is 5.69 Å². The molecule has 0 amide bonds. The minimum atomic E-state index is -0.826. The van der Waals surface area contributed by atoms with Gasteiger partial charge in [-0.05, 0) is 18.1 Å². The quantitative estimate of drug-likeness (QED) is 0.783. The van der Waals surface area contributed by atoms with Crippen LogP contribution >= 0.6 is 27.3 Å². The normalized spacial score (nSPS) is 12.2. The Hall–Kier alpha value is -1.40. The highest BCUT2D eigenvalue weighted by Gasteiger charge is 2.26. The van der Waals surface area contributed by atoms with Crippen LogP contribution in [0.4, 0.5) is 0 Å². The maximum atomic E-state index is 12.0. The summed E-state index contributed by atoms with van der Waals surface area (Å²) in [5.74, 6) is -0.826. The van der Waals surface area contributed by atoms with E-state index in [0.717, 1.165) is 27.0 Å². The minimum absolute atomic E-state index is 0.00557. The molecule has 0 spiro atoms. The Morgan fingerprint density at radius 3 is 3.00 bits per heavy atom. The van der Waals surface area contributed by atoms with Gasteiger partial charge in [-0.1, -0.05) is 39.4 Å². The van der Waals surface area contributed by atoms with Gasteiger partial charge in [-0.3, -0.25) is 14.2 Å². The van der Waals surface area contributed by atoms with Crippen molar-refractivity contribution in [2.24, 2.45) is 0 Å². The molecule has 0 unspecified atom stereocenters. The van der Waals surface area contributed by atoms with Crippen molar-refractivity contribution in [1.29, 1.82) is 0 Å². The van der Waals surface area contributed by atoms with E-state index in [-0.39, 0.29) is 11.3 Å². The van der Waals surface area contributed by atoms with Gasteiger partial charge in [0.2, 0.25) is 0 Å². The van der Waals surface area contributed by atoms with E-state index in [0.29, 0.717) is 13.0 Å². The van der Waals surface area contributed by atoms with Crippen molar-refractivity contribution in [3.8, 4) is 11.3 Å². The molecule has 104 valence electrons. The highest BCUT2D eigenvalue weighted by molar-refractivity contribution is 9.10. The van der Waals surface area contributed by atoms with Gasteiger partial charge < -0.3 is 5.11 Å². The van der Waals surface area contributed by atoms with Gasteiger partial charge >= 0.3 is 10.8 Å². The fourth-order valence-corrected chi connectivity index (χ4v) is 4.12. The average molecular weight is 354 g/mol. The Morgan fingerprint density at radius 2 is 2.25 bits per heavy atom. The van der Waals surface area contributed by atoms with E-state index in [1.165, 1.54) is 16.9 Å². The number of carboxylic acid groups (broad SMARTS) is 1. The molecule has 20 heavy (non-hydrogen) atoms. The van der Waals surface area contributed by atoms with Crippen LogP contribution in [0.1, 0.15) is 23.3 Å². The van der Waals surface area contributed by atoms with Gasteiger partial charge in [0, 0.05) is 34.3 Å². The van der Waals surface area contributed by atoms with E-state index in [1.54, 1.807) is 4.57 Å². The lowest BCUT2D eigenvalue weighted by molar-refractivity contribution is -0.137. The smallest absolute Gasteiger partial charge is 0.307 e. The molecule has 1 heterocycles. The highest BCUT2D eigenvalue weighted by atomic mass is 79.9. The van der Waals surface area contributed by atoms with Crippen LogP contribution in [0, 0.1) is 0 Å². The zero-order chi connectivity index (χ0) is 14.3. The molecule has 3 rings (SSSR count). The van der Waals surface area contributed by atoms with Gasteiger partial charge in [0.15, 0.2) is 0 Å². The highest BCUT2D eigenvalue weighted by Crippen LogP contribution is 2.41. The maximum absolute atomic E-state index is 12.0. The third kappa shape index (κ3) is 2.23. The number of thiazole rings is 1. The zero-order valence-corrected chi connectivity index (χ0v) is 13.0. The number of aromatic nitrogens is 1. The van der Waals surface area contributed by atoms with Crippen LogP contribution in [0.25, 0.3) is 11.3 Å². The second kappa shape index (κ2) is 5.18. The van der Waals surface area contributed by atoms with Crippen LogP contribution in [0.15, 0.2) is 27.5 Å². The number of fused-ring (bicyclic) bond motifs is 3. The molecule has 0 atom stereocenters. The first-order valence-corrected chi connectivity index (χ1v) is 7.91. The van der Waals surface area contributed by atoms with Crippen LogP contribution < -0.4 is 4.87 Å². The number of rotatable bonds is 4. The predicted molar refractivity (Wildman–Crippen MR) is 81.4 cm³/mol. The van der Waals surface area contributed by atoms with Gasteiger partial charge in [0.1, 0.15) is 0 Å². The largest absolute Gasteiger partial charge is 0.481 e. The first-order chi connectivity index (χ1) is 9.58.